The number of rotatable bonds is 6. The van der Waals surface area contributed by atoms with Crippen molar-refractivity contribution in [2.45, 2.75) is 43.9 Å². The van der Waals surface area contributed by atoms with Crippen molar-refractivity contribution in [1.82, 2.24) is 16.2 Å². The van der Waals surface area contributed by atoms with Crippen molar-refractivity contribution < 1.29 is 18.3 Å². The van der Waals surface area contributed by atoms with Gasteiger partial charge >= 0.3 is 0 Å². The molecule has 3 N–H and O–H groups in total. The second kappa shape index (κ2) is 7.90. The highest BCUT2D eigenvalue weighted by molar-refractivity contribution is 5.76. The van der Waals surface area contributed by atoms with Gasteiger partial charge < -0.3 is 10.1 Å². The largest absolute Gasteiger partial charge is 0.492 e. The highest BCUT2D eigenvalue weighted by Crippen LogP contribution is 2.32. The lowest BCUT2D eigenvalue weighted by molar-refractivity contribution is -0.121. The van der Waals surface area contributed by atoms with Crippen LogP contribution in [0.15, 0.2) is 24.3 Å². The molecule has 5 nitrogen and oxygen atoms in total. The van der Waals surface area contributed by atoms with Crippen molar-refractivity contribution >= 4 is 5.91 Å². The average Bonchev–Trinajstić information content (AvgIpc) is 2.95. The molecule has 1 aliphatic heterocycles. The van der Waals surface area contributed by atoms with Crippen LogP contribution in [0, 0.1) is 11.7 Å². The topological polar surface area (TPSA) is 62.4 Å². The van der Waals surface area contributed by atoms with Gasteiger partial charge in [-0.05, 0) is 49.4 Å². The minimum atomic E-state index is -0.761. The maximum atomic E-state index is 13.6. The number of carbonyl (C=O) groups is 1. The molecular weight excluding hydrogens is 316 g/mol. The number of nitrogens with one attached hydrogen (secondary N) is 3. The number of hydrogen-bond donors (Lipinski definition) is 3. The molecule has 2 fully saturated rings. The van der Waals surface area contributed by atoms with E-state index in [9.17, 15) is 13.6 Å². The SMILES string of the molecule is O=C(CC1NNC2CCC(F)CC21)NCCOc1ccc(F)cc1. The molecule has 0 spiro atoms. The van der Waals surface area contributed by atoms with Crippen LogP contribution in [0.3, 0.4) is 0 Å². The van der Waals surface area contributed by atoms with Gasteiger partial charge in [0.1, 0.15) is 24.3 Å². The van der Waals surface area contributed by atoms with E-state index in [4.69, 9.17) is 4.74 Å². The molecule has 1 saturated heterocycles. The van der Waals surface area contributed by atoms with E-state index < -0.39 is 6.17 Å². The van der Waals surface area contributed by atoms with Gasteiger partial charge in [-0.25, -0.2) is 8.78 Å². The van der Waals surface area contributed by atoms with Crippen LogP contribution in [0.5, 0.6) is 5.75 Å². The summed E-state index contributed by atoms with van der Waals surface area (Å²) in [6.45, 7) is 0.683. The molecule has 7 heteroatoms. The normalized spacial score (nSPS) is 29.1. The number of hydrogen-bond acceptors (Lipinski definition) is 4. The van der Waals surface area contributed by atoms with Crippen molar-refractivity contribution in [2.75, 3.05) is 13.2 Å². The highest BCUT2D eigenvalue weighted by atomic mass is 19.1. The maximum Gasteiger partial charge on any atom is 0.221 e. The third-order valence-electron chi connectivity index (χ3n) is 4.72. The Bertz CT molecular complexity index is 555. The Kier molecular flexibility index (Phi) is 5.63. The molecule has 1 amide bonds. The molecule has 0 bridgehead atoms. The molecule has 24 heavy (non-hydrogen) atoms. The molecule has 0 aromatic heterocycles. The van der Waals surface area contributed by atoms with Crippen LogP contribution in [-0.2, 0) is 4.79 Å². The van der Waals surface area contributed by atoms with Crippen LogP contribution in [-0.4, -0.2) is 37.3 Å². The van der Waals surface area contributed by atoms with E-state index in [0.29, 0.717) is 38.2 Å². The quantitative estimate of drug-likeness (QED) is 0.691. The first-order chi connectivity index (χ1) is 11.6. The summed E-state index contributed by atoms with van der Waals surface area (Å²) in [5.41, 5.74) is 6.30. The summed E-state index contributed by atoms with van der Waals surface area (Å²) in [5, 5.41) is 2.80. The Balaban J connectivity index is 1.36. The number of carbonyl (C=O) groups excluding carboxylic acids is 1. The van der Waals surface area contributed by atoms with Gasteiger partial charge in [-0.15, -0.1) is 0 Å². The Labute approximate surface area is 140 Å². The Morgan fingerprint density at radius 3 is 2.83 bits per heavy atom. The molecule has 1 aliphatic carbocycles. The lowest BCUT2D eigenvalue weighted by atomic mass is 9.80. The summed E-state index contributed by atoms with van der Waals surface area (Å²) in [4.78, 5) is 12.0. The zero-order chi connectivity index (χ0) is 16.9. The molecule has 132 valence electrons. The minimum absolute atomic E-state index is 0.0356. The van der Waals surface area contributed by atoms with Crippen molar-refractivity contribution in [3.05, 3.63) is 30.1 Å². The van der Waals surface area contributed by atoms with Gasteiger partial charge in [0, 0.05) is 18.5 Å². The number of ether oxygens (including phenoxy) is 1. The van der Waals surface area contributed by atoms with Gasteiger partial charge in [0.2, 0.25) is 5.91 Å². The molecule has 1 saturated carbocycles. The number of hydrazine groups is 1. The number of alkyl halides is 1. The van der Waals surface area contributed by atoms with Gasteiger partial charge in [0.15, 0.2) is 0 Å². The predicted octanol–water partition coefficient (Wildman–Crippen LogP) is 1.69. The van der Waals surface area contributed by atoms with Crippen LogP contribution >= 0.6 is 0 Å². The van der Waals surface area contributed by atoms with E-state index in [2.05, 4.69) is 16.2 Å². The first kappa shape index (κ1) is 17.1. The molecule has 1 heterocycles. The van der Waals surface area contributed by atoms with Gasteiger partial charge in [0.25, 0.3) is 0 Å². The molecule has 1 aromatic carbocycles. The third kappa shape index (κ3) is 4.42. The van der Waals surface area contributed by atoms with Gasteiger partial charge in [-0.3, -0.25) is 15.6 Å². The summed E-state index contributed by atoms with van der Waals surface area (Å²) in [6.07, 6.45) is 1.47. The first-order valence-electron chi connectivity index (χ1n) is 8.42. The van der Waals surface area contributed by atoms with Crippen LogP contribution < -0.4 is 20.9 Å². The number of fused-ring (bicyclic) bond motifs is 1. The third-order valence-corrected chi connectivity index (χ3v) is 4.72. The predicted molar refractivity (Wildman–Crippen MR) is 85.6 cm³/mol. The zero-order valence-corrected chi connectivity index (χ0v) is 13.4. The van der Waals surface area contributed by atoms with E-state index in [1.54, 1.807) is 12.1 Å². The Morgan fingerprint density at radius 1 is 1.25 bits per heavy atom. The van der Waals surface area contributed by atoms with Crippen LogP contribution in [0.2, 0.25) is 0 Å². The second-order valence-corrected chi connectivity index (χ2v) is 6.43. The number of halogens is 2. The Morgan fingerprint density at radius 2 is 2.04 bits per heavy atom. The fraction of sp³-hybridized carbons (Fsp3) is 0.588. The molecule has 1 aromatic rings. The molecule has 4 atom stereocenters. The van der Waals surface area contributed by atoms with E-state index in [1.165, 1.54) is 12.1 Å². The fourth-order valence-electron chi connectivity index (χ4n) is 3.46. The summed E-state index contributed by atoms with van der Waals surface area (Å²) in [5.74, 6) is 0.324. The van der Waals surface area contributed by atoms with Crippen LogP contribution in [0.4, 0.5) is 8.78 Å². The molecule has 3 rings (SSSR count). The van der Waals surface area contributed by atoms with Crippen LogP contribution in [0.25, 0.3) is 0 Å². The van der Waals surface area contributed by atoms with Gasteiger partial charge in [-0.1, -0.05) is 0 Å². The molecule has 4 unspecified atom stereocenters. The van der Waals surface area contributed by atoms with E-state index in [-0.39, 0.29) is 29.7 Å². The lowest BCUT2D eigenvalue weighted by Crippen LogP contribution is -2.39. The first-order valence-corrected chi connectivity index (χ1v) is 8.42. The summed E-state index contributed by atoms with van der Waals surface area (Å²) in [6, 6.07) is 5.96. The number of amides is 1. The zero-order valence-electron chi connectivity index (χ0n) is 13.4. The van der Waals surface area contributed by atoms with Crippen molar-refractivity contribution in [3.8, 4) is 5.75 Å². The molecule has 0 radical (unpaired) electrons. The van der Waals surface area contributed by atoms with E-state index >= 15 is 0 Å². The summed E-state index contributed by atoms with van der Waals surface area (Å²) >= 11 is 0. The van der Waals surface area contributed by atoms with Gasteiger partial charge in [-0.2, -0.15) is 0 Å². The van der Waals surface area contributed by atoms with Crippen LogP contribution in [0.1, 0.15) is 25.7 Å². The van der Waals surface area contributed by atoms with E-state index in [1.807, 2.05) is 0 Å². The lowest BCUT2D eigenvalue weighted by Gasteiger charge is -2.29. The highest BCUT2D eigenvalue weighted by Gasteiger charge is 2.41. The van der Waals surface area contributed by atoms with Crippen molar-refractivity contribution in [3.63, 3.8) is 0 Å². The fourth-order valence-corrected chi connectivity index (χ4v) is 3.46. The monoisotopic (exact) mass is 339 g/mol. The second-order valence-electron chi connectivity index (χ2n) is 6.43. The van der Waals surface area contributed by atoms with Crippen molar-refractivity contribution in [2.24, 2.45) is 5.92 Å². The number of benzene rings is 1. The van der Waals surface area contributed by atoms with Gasteiger partial charge in [0.05, 0.1) is 6.54 Å². The minimum Gasteiger partial charge on any atom is -0.492 e. The smallest absolute Gasteiger partial charge is 0.221 e. The maximum absolute atomic E-state index is 13.6. The summed E-state index contributed by atoms with van der Waals surface area (Å²) in [7, 11) is 0. The van der Waals surface area contributed by atoms with Crippen molar-refractivity contribution in [1.29, 1.82) is 0 Å². The Hall–Kier alpha value is -1.73. The average molecular weight is 339 g/mol. The summed E-state index contributed by atoms with van der Waals surface area (Å²) < 4.78 is 31.8. The molecular formula is C17H23F2N3O2. The molecule has 2 aliphatic rings. The standard InChI is InChI=1S/C17H23F2N3O2/c18-11-1-4-13(5-2-11)24-8-7-20-17(23)10-16-14-9-12(19)3-6-15(14)21-22-16/h1-2,4-5,12,14-16,21-22H,3,6-10H2,(H,20,23). The van der Waals surface area contributed by atoms with E-state index in [0.717, 1.165) is 6.42 Å².